The highest BCUT2D eigenvalue weighted by Crippen LogP contribution is 2.28. The minimum atomic E-state index is -0.190. The average Bonchev–Trinajstić information content (AvgIpc) is 2.88. The quantitative estimate of drug-likeness (QED) is 0.823. The second-order valence-corrected chi connectivity index (χ2v) is 6.22. The van der Waals surface area contributed by atoms with E-state index in [9.17, 15) is 4.79 Å². The first-order valence-corrected chi connectivity index (χ1v) is 8.17. The summed E-state index contributed by atoms with van der Waals surface area (Å²) in [6, 6.07) is 19.2. The number of hydrogen-bond acceptors (Lipinski definition) is 3. The van der Waals surface area contributed by atoms with Crippen LogP contribution in [0.25, 0.3) is 6.08 Å². The minimum Gasteiger partial charge on any atom is -0.300 e. The third kappa shape index (κ3) is 4.34. The third-order valence-electron chi connectivity index (χ3n) is 3.01. The molecule has 3 rings (SSSR count). The van der Waals surface area contributed by atoms with Gasteiger partial charge in [-0.15, -0.1) is 0 Å². The lowest BCUT2D eigenvalue weighted by molar-refractivity contribution is -0.115. The molecule has 0 unspecified atom stereocenters. The van der Waals surface area contributed by atoms with E-state index in [0.29, 0.717) is 15.1 Å². The Kier molecular flexibility index (Phi) is 4.95. The summed E-state index contributed by atoms with van der Waals surface area (Å²) in [6.45, 7) is 0. The van der Waals surface area contributed by atoms with Crippen LogP contribution >= 0.6 is 23.4 Å². The SMILES string of the molecule is O=C1NC(=Nc2ccccc2)S/C1=C/C(Cl)=C\c1ccccc1. The Labute approximate surface area is 143 Å². The Morgan fingerprint density at radius 2 is 1.70 bits per heavy atom. The highest BCUT2D eigenvalue weighted by atomic mass is 35.5. The van der Waals surface area contributed by atoms with E-state index in [2.05, 4.69) is 10.3 Å². The van der Waals surface area contributed by atoms with Crippen molar-refractivity contribution in [3.63, 3.8) is 0 Å². The van der Waals surface area contributed by atoms with Crippen LogP contribution in [0, 0.1) is 0 Å². The zero-order chi connectivity index (χ0) is 16.1. The molecule has 23 heavy (non-hydrogen) atoms. The van der Waals surface area contributed by atoms with Gasteiger partial charge in [-0.1, -0.05) is 60.1 Å². The maximum absolute atomic E-state index is 12.0. The van der Waals surface area contributed by atoms with Gasteiger partial charge in [-0.25, -0.2) is 4.99 Å². The van der Waals surface area contributed by atoms with Crippen LogP contribution in [0.1, 0.15) is 5.56 Å². The van der Waals surface area contributed by atoms with Crippen molar-refractivity contribution in [3.8, 4) is 0 Å². The van der Waals surface area contributed by atoms with Gasteiger partial charge < -0.3 is 5.32 Å². The molecule has 2 aromatic rings. The Balaban J connectivity index is 1.77. The molecular formula is C18H13ClN2OS. The summed E-state index contributed by atoms with van der Waals surface area (Å²) < 4.78 is 0. The molecule has 0 spiro atoms. The lowest BCUT2D eigenvalue weighted by Gasteiger charge is -1.95. The standard InChI is InChI=1S/C18H13ClN2OS/c19-14(11-13-7-3-1-4-8-13)12-16-17(22)21-18(23-16)20-15-9-5-2-6-10-15/h1-12H,(H,20,21,22)/b14-11+,16-12+. The first kappa shape index (κ1) is 15.6. The van der Waals surface area contributed by atoms with Gasteiger partial charge in [0.15, 0.2) is 5.17 Å². The van der Waals surface area contributed by atoms with Crippen LogP contribution < -0.4 is 5.32 Å². The van der Waals surface area contributed by atoms with E-state index in [4.69, 9.17) is 11.6 Å². The van der Waals surface area contributed by atoms with Crippen LogP contribution in [0.2, 0.25) is 0 Å². The van der Waals surface area contributed by atoms with E-state index < -0.39 is 0 Å². The number of aliphatic imine (C=N–C) groups is 1. The molecule has 0 aromatic heterocycles. The number of halogens is 1. The van der Waals surface area contributed by atoms with Crippen LogP contribution in [-0.4, -0.2) is 11.1 Å². The number of benzene rings is 2. The number of amides is 1. The highest BCUT2D eigenvalue weighted by molar-refractivity contribution is 8.18. The van der Waals surface area contributed by atoms with Gasteiger partial charge >= 0.3 is 0 Å². The van der Waals surface area contributed by atoms with Crippen molar-refractivity contribution < 1.29 is 4.79 Å². The van der Waals surface area contributed by atoms with Crippen molar-refractivity contribution >= 4 is 46.2 Å². The van der Waals surface area contributed by atoms with Gasteiger partial charge in [0.2, 0.25) is 0 Å². The number of carbonyl (C=O) groups excluding carboxylic acids is 1. The fourth-order valence-electron chi connectivity index (χ4n) is 1.98. The lowest BCUT2D eigenvalue weighted by atomic mass is 10.2. The maximum atomic E-state index is 12.0. The molecule has 2 aromatic carbocycles. The molecule has 0 aliphatic carbocycles. The first-order chi connectivity index (χ1) is 11.2. The molecule has 1 heterocycles. The molecule has 1 aliphatic rings. The molecule has 114 valence electrons. The van der Waals surface area contributed by atoms with Gasteiger partial charge in [0.25, 0.3) is 5.91 Å². The molecular weight excluding hydrogens is 328 g/mol. The zero-order valence-corrected chi connectivity index (χ0v) is 13.6. The van der Waals surface area contributed by atoms with Gasteiger partial charge in [0.05, 0.1) is 10.6 Å². The molecule has 1 saturated heterocycles. The normalized spacial score (nSPS) is 18.5. The van der Waals surface area contributed by atoms with Gasteiger partial charge in [0.1, 0.15) is 0 Å². The number of nitrogens with one attached hydrogen (secondary N) is 1. The second kappa shape index (κ2) is 7.31. The topological polar surface area (TPSA) is 41.5 Å². The fraction of sp³-hybridized carbons (Fsp3) is 0. The molecule has 0 radical (unpaired) electrons. The summed E-state index contributed by atoms with van der Waals surface area (Å²) in [5, 5.41) is 3.79. The number of amidine groups is 1. The third-order valence-corrected chi connectivity index (χ3v) is 4.14. The molecule has 1 aliphatic heterocycles. The van der Waals surface area contributed by atoms with Gasteiger partial charge in [-0.3, -0.25) is 4.79 Å². The molecule has 1 fully saturated rings. The predicted molar refractivity (Wildman–Crippen MR) is 97.6 cm³/mol. The number of rotatable bonds is 3. The van der Waals surface area contributed by atoms with Crippen LogP contribution in [0.3, 0.4) is 0 Å². The van der Waals surface area contributed by atoms with Gasteiger partial charge in [-0.2, -0.15) is 0 Å². The van der Waals surface area contributed by atoms with Gasteiger partial charge in [-0.05, 0) is 41.6 Å². The van der Waals surface area contributed by atoms with Crippen molar-refractivity contribution in [1.29, 1.82) is 0 Å². The Morgan fingerprint density at radius 3 is 2.39 bits per heavy atom. The number of carbonyl (C=O) groups is 1. The summed E-state index contributed by atoms with van der Waals surface area (Å²) >= 11 is 7.50. The van der Waals surface area contributed by atoms with Gasteiger partial charge in [0, 0.05) is 5.03 Å². The van der Waals surface area contributed by atoms with Crippen LogP contribution in [0.15, 0.2) is 81.7 Å². The van der Waals surface area contributed by atoms with Crippen molar-refractivity contribution in [2.24, 2.45) is 4.99 Å². The van der Waals surface area contributed by atoms with Crippen molar-refractivity contribution in [3.05, 3.63) is 82.2 Å². The molecule has 0 saturated carbocycles. The average molecular weight is 341 g/mol. The number of thioether (sulfide) groups is 1. The lowest BCUT2D eigenvalue weighted by Crippen LogP contribution is -2.19. The summed E-state index contributed by atoms with van der Waals surface area (Å²) in [4.78, 5) is 16.9. The van der Waals surface area contributed by atoms with Crippen molar-refractivity contribution in [2.75, 3.05) is 0 Å². The summed E-state index contributed by atoms with van der Waals surface area (Å²) in [5.41, 5.74) is 1.78. The number of hydrogen-bond donors (Lipinski definition) is 1. The van der Waals surface area contributed by atoms with Crippen LogP contribution in [0.4, 0.5) is 5.69 Å². The number of para-hydroxylation sites is 1. The van der Waals surface area contributed by atoms with E-state index in [0.717, 1.165) is 11.3 Å². The van der Waals surface area contributed by atoms with Crippen LogP contribution in [-0.2, 0) is 4.79 Å². The van der Waals surface area contributed by atoms with E-state index >= 15 is 0 Å². The Hall–Kier alpha value is -2.30. The molecule has 0 atom stereocenters. The summed E-state index contributed by atoms with van der Waals surface area (Å²) in [7, 11) is 0. The smallest absolute Gasteiger partial charge is 0.264 e. The van der Waals surface area contributed by atoms with E-state index in [-0.39, 0.29) is 5.91 Å². The Bertz CT molecular complexity index is 798. The molecule has 1 amide bonds. The highest BCUT2D eigenvalue weighted by Gasteiger charge is 2.23. The second-order valence-electron chi connectivity index (χ2n) is 4.76. The fourth-order valence-corrected chi connectivity index (χ4v) is 3.11. The Morgan fingerprint density at radius 1 is 1.04 bits per heavy atom. The molecule has 0 bridgehead atoms. The van der Waals surface area contributed by atoms with Crippen molar-refractivity contribution in [2.45, 2.75) is 0 Å². The van der Waals surface area contributed by atoms with Crippen LogP contribution in [0.5, 0.6) is 0 Å². The largest absolute Gasteiger partial charge is 0.300 e. The monoisotopic (exact) mass is 340 g/mol. The zero-order valence-electron chi connectivity index (χ0n) is 12.1. The molecule has 3 nitrogen and oxygen atoms in total. The van der Waals surface area contributed by atoms with E-state index in [1.54, 1.807) is 6.08 Å². The maximum Gasteiger partial charge on any atom is 0.264 e. The minimum absolute atomic E-state index is 0.190. The number of allylic oxidation sites excluding steroid dienone is 2. The predicted octanol–water partition coefficient (Wildman–Crippen LogP) is 4.70. The van der Waals surface area contributed by atoms with Crippen molar-refractivity contribution in [1.82, 2.24) is 5.32 Å². The molecule has 5 heteroatoms. The van der Waals surface area contributed by atoms with E-state index in [1.165, 1.54) is 11.8 Å². The number of nitrogens with zero attached hydrogens (tertiary/aromatic N) is 1. The van der Waals surface area contributed by atoms with E-state index in [1.807, 2.05) is 66.7 Å². The summed E-state index contributed by atoms with van der Waals surface area (Å²) in [6.07, 6.45) is 3.47. The summed E-state index contributed by atoms with van der Waals surface area (Å²) in [5.74, 6) is -0.190. The molecule has 1 N–H and O–H groups in total. The first-order valence-electron chi connectivity index (χ1n) is 6.97.